The molecule has 0 aromatic heterocycles. The molecule has 1 N–H and O–H groups in total. The van der Waals surface area contributed by atoms with Crippen molar-refractivity contribution in [1.82, 2.24) is 0 Å². The molecular formula is C25H26O4. The van der Waals surface area contributed by atoms with Gasteiger partial charge < -0.3 is 14.6 Å². The molecule has 4 heteroatoms. The van der Waals surface area contributed by atoms with E-state index in [2.05, 4.69) is 12.1 Å². The van der Waals surface area contributed by atoms with Crippen molar-refractivity contribution in [2.24, 2.45) is 0 Å². The first kappa shape index (κ1) is 20.5. The van der Waals surface area contributed by atoms with Crippen molar-refractivity contribution in [3.8, 4) is 11.5 Å². The van der Waals surface area contributed by atoms with Gasteiger partial charge in [-0.1, -0.05) is 60.7 Å². The zero-order valence-corrected chi connectivity index (χ0v) is 16.9. The summed E-state index contributed by atoms with van der Waals surface area (Å²) >= 11 is 0. The highest BCUT2D eigenvalue weighted by atomic mass is 16.5. The number of carboxylic acid groups (broad SMARTS) is 1. The van der Waals surface area contributed by atoms with Gasteiger partial charge in [0, 0.05) is 5.56 Å². The maximum absolute atomic E-state index is 11.8. The topological polar surface area (TPSA) is 55.8 Å². The van der Waals surface area contributed by atoms with Crippen LogP contribution >= 0.6 is 0 Å². The molecule has 0 spiro atoms. The van der Waals surface area contributed by atoms with E-state index in [0.717, 1.165) is 18.4 Å². The van der Waals surface area contributed by atoms with Crippen molar-refractivity contribution in [3.05, 3.63) is 94.5 Å². The number of aryl methyl sites for hydroxylation is 2. The maximum Gasteiger partial charge on any atom is 0.339 e. The summed E-state index contributed by atoms with van der Waals surface area (Å²) in [6.45, 7) is 4.48. The molecule has 3 rings (SSSR count). The first-order valence-electron chi connectivity index (χ1n) is 9.77. The van der Waals surface area contributed by atoms with E-state index >= 15 is 0 Å². The van der Waals surface area contributed by atoms with Gasteiger partial charge in [0.15, 0.2) is 0 Å². The molecule has 29 heavy (non-hydrogen) atoms. The monoisotopic (exact) mass is 390 g/mol. The van der Waals surface area contributed by atoms with Gasteiger partial charge in [0.25, 0.3) is 0 Å². The average molecular weight is 390 g/mol. The second-order valence-corrected chi connectivity index (χ2v) is 7.04. The zero-order valence-electron chi connectivity index (χ0n) is 16.9. The fraction of sp³-hybridized carbons (Fsp3) is 0.240. The number of aromatic carboxylic acids is 1. The van der Waals surface area contributed by atoms with Gasteiger partial charge >= 0.3 is 5.97 Å². The first-order chi connectivity index (χ1) is 14.1. The Morgan fingerprint density at radius 2 is 1.52 bits per heavy atom. The standard InChI is InChI=1S/C25H26O4/c1-18-16-22(29-17-21-12-7-4-8-13-21)19(2)24(23(18)25(26)27)28-15-9-14-20-10-5-3-6-11-20/h3-8,10-13,16H,9,14-15,17H2,1-2H3,(H,26,27). The highest BCUT2D eigenvalue weighted by molar-refractivity contribution is 5.93. The lowest BCUT2D eigenvalue weighted by Crippen LogP contribution is -2.10. The zero-order chi connectivity index (χ0) is 20.6. The van der Waals surface area contributed by atoms with E-state index in [1.54, 1.807) is 13.0 Å². The Hall–Kier alpha value is -3.27. The van der Waals surface area contributed by atoms with Crippen LogP contribution in [0.4, 0.5) is 0 Å². The van der Waals surface area contributed by atoms with Gasteiger partial charge in [-0.3, -0.25) is 0 Å². The summed E-state index contributed by atoms with van der Waals surface area (Å²) in [4.78, 5) is 11.8. The minimum atomic E-state index is -0.988. The Morgan fingerprint density at radius 3 is 2.14 bits per heavy atom. The van der Waals surface area contributed by atoms with Crippen LogP contribution in [0.3, 0.4) is 0 Å². The van der Waals surface area contributed by atoms with Gasteiger partial charge in [-0.05, 0) is 49.4 Å². The van der Waals surface area contributed by atoms with Crippen LogP contribution in [0.5, 0.6) is 11.5 Å². The Labute approximate surface area is 171 Å². The van der Waals surface area contributed by atoms with Crippen LogP contribution in [0.2, 0.25) is 0 Å². The van der Waals surface area contributed by atoms with E-state index in [0.29, 0.717) is 35.8 Å². The average Bonchev–Trinajstić information content (AvgIpc) is 2.73. The second-order valence-electron chi connectivity index (χ2n) is 7.04. The van der Waals surface area contributed by atoms with Crippen LogP contribution < -0.4 is 9.47 Å². The molecule has 0 aliphatic carbocycles. The second kappa shape index (κ2) is 9.78. The van der Waals surface area contributed by atoms with E-state index in [4.69, 9.17) is 9.47 Å². The quantitative estimate of drug-likeness (QED) is 0.484. The van der Waals surface area contributed by atoms with Crippen LogP contribution in [0.1, 0.15) is 39.0 Å². The van der Waals surface area contributed by atoms with Crippen molar-refractivity contribution in [3.63, 3.8) is 0 Å². The highest BCUT2D eigenvalue weighted by Gasteiger charge is 2.21. The summed E-state index contributed by atoms with van der Waals surface area (Å²) in [7, 11) is 0. The lowest BCUT2D eigenvalue weighted by atomic mass is 10.0. The molecule has 3 aromatic rings. The van der Waals surface area contributed by atoms with E-state index in [9.17, 15) is 9.90 Å². The Balaban J connectivity index is 1.74. The molecule has 0 fully saturated rings. The van der Waals surface area contributed by atoms with Gasteiger partial charge in [-0.25, -0.2) is 4.79 Å². The minimum absolute atomic E-state index is 0.203. The predicted molar refractivity (Wildman–Crippen MR) is 114 cm³/mol. The van der Waals surface area contributed by atoms with Crippen LogP contribution in [-0.4, -0.2) is 17.7 Å². The van der Waals surface area contributed by atoms with Crippen LogP contribution in [0, 0.1) is 13.8 Å². The normalized spacial score (nSPS) is 10.6. The van der Waals surface area contributed by atoms with Crippen molar-refractivity contribution >= 4 is 5.97 Å². The van der Waals surface area contributed by atoms with E-state index in [-0.39, 0.29) is 5.56 Å². The molecule has 0 heterocycles. The molecule has 0 saturated heterocycles. The number of hydrogen-bond donors (Lipinski definition) is 1. The smallest absolute Gasteiger partial charge is 0.339 e. The SMILES string of the molecule is Cc1cc(OCc2ccccc2)c(C)c(OCCCc2ccccc2)c1C(=O)O. The molecular weight excluding hydrogens is 364 g/mol. The molecule has 0 saturated carbocycles. The number of hydrogen-bond acceptors (Lipinski definition) is 3. The fourth-order valence-corrected chi connectivity index (χ4v) is 3.28. The summed E-state index contributed by atoms with van der Waals surface area (Å²) in [6.07, 6.45) is 1.68. The molecule has 150 valence electrons. The van der Waals surface area contributed by atoms with Gasteiger partial charge in [-0.15, -0.1) is 0 Å². The molecule has 0 bridgehead atoms. The number of rotatable bonds is 9. The molecule has 0 aliphatic heterocycles. The highest BCUT2D eigenvalue weighted by Crippen LogP contribution is 2.35. The maximum atomic E-state index is 11.8. The summed E-state index contributed by atoms with van der Waals surface area (Å²) in [5.41, 5.74) is 3.83. The molecule has 3 aromatic carbocycles. The number of benzene rings is 3. The van der Waals surface area contributed by atoms with Gasteiger partial charge in [0.2, 0.25) is 0 Å². The van der Waals surface area contributed by atoms with E-state index in [1.807, 2.05) is 55.5 Å². The Bertz CT molecular complexity index is 950. The third-order valence-corrected chi connectivity index (χ3v) is 4.83. The molecule has 0 atom stereocenters. The van der Waals surface area contributed by atoms with Crippen LogP contribution in [0.15, 0.2) is 66.7 Å². The molecule has 4 nitrogen and oxygen atoms in total. The van der Waals surface area contributed by atoms with Crippen LogP contribution in [-0.2, 0) is 13.0 Å². The van der Waals surface area contributed by atoms with Crippen molar-refractivity contribution in [1.29, 1.82) is 0 Å². The van der Waals surface area contributed by atoms with Gasteiger partial charge in [0.1, 0.15) is 23.7 Å². The third kappa shape index (κ3) is 5.38. The fourth-order valence-electron chi connectivity index (χ4n) is 3.28. The lowest BCUT2D eigenvalue weighted by molar-refractivity contribution is 0.0691. The summed E-state index contributed by atoms with van der Waals surface area (Å²) in [5.74, 6) is 0.0568. The number of carboxylic acids is 1. The Morgan fingerprint density at radius 1 is 0.897 bits per heavy atom. The van der Waals surface area contributed by atoms with Crippen LogP contribution in [0.25, 0.3) is 0 Å². The number of carbonyl (C=O) groups is 1. The lowest BCUT2D eigenvalue weighted by Gasteiger charge is -2.18. The van der Waals surface area contributed by atoms with Gasteiger partial charge in [-0.2, -0.15) is 0 Å². The molecule has 0 aliphatic rings. The predicted octanol–water partition coefficient (Wildman–Crippen LogP) is 5.59. The molecule has 0 radical (unpaired) electrons. The van der Waals surface area contributed by atoms with Crippen molar-refractivity contribution < 1.29 is 19.4 Å². The molecule has 0 amide bonds. The van der Waals surface area contributed by atoms with E-state index < -0.39 is 5.97 Å². The first-order valence-corrected chi connectivity index (χ1v) is 9.77. The van der Waals surface area contributed by atoms with Crippen molar-refractivity contribution in [2.75, 3.05) is 6.61 Å². The van der Waals surface area contributed by atoms with Gasteiger partial charge in [0.05, 0.1) is 6.61 Å². The third-order valence-electron chi connectivity index (χ3n) is 4.83. The summed E-state index contributed by atoms with van der Waals surface area (Å²) in [5, 5.41) is 9.68. The molecule has 0 unspecified atom stereocenters. The largest absolute Gasteiger partial charge is 0.492 e. The summed E-state index contributed by atoms with van der Waals surface area (Å²) in [6, 6.07) is 21.8. The summed E-state index contributed by atoms with van der Waals surface area (Å²) < 4.78 is 11.9. The van der Waals surface area contributed by atoms with Crippen molar-refractivity contribution in [2.45, 2.75) is 33.3 Å². The number of ether oxygens (including phenoxy) is 2. The van der Waals surface area contributed by atoms with E-state index in [1.165, 1.54) is 5.56 Å². The Kier molecular flexibility index (Phi) is 6.90. The minimum Gasteiger partial charge on any atom is -0.492 e.